The number of nitro benzene ring substituents is 1. The third-order valence-electron chi connectivity index (χ3n) is 5.21. The molecule has 2 aromatic rings. The summed E-state index contributed by atoms with van der Waals surface area (Å²) in [5, 5.41) is 10.8. The Labute approximate surface area is 176 Å². The van der Waals surface area contributed by atoms with Crippen LogP contribution >= 0.6 is 0 Å². The normalized spacial score (nSPS) is 14.3. The highest BCUT2D eigenvalue weighted by molar-refractivity contribution is 7.89. The summed E-state index contributed by atoms with van der Waals surface area (Å²) < 4.78 is 29.4. The van der Waals surface area contributed by atoms with E-state index in [1.165, 1.54) is 12.1 Å². The highest BCUT2D eigenvalue weighted by Crippen LogP contribution is 2.29. The molecule has 9 nitrogen and oxygen atoms in total. The molecular formula is C20H26N4O5S. The molecule has 10 heteroatoms. The molecule has 0 aliphatic heterocycles. The molecule has 0 N–H and O–H groups in total. The van der Waals surface area contributed by atoms with E-state index in [4.69, 9.17) is 0 Å². The number of benzene rings is 1. The summed E-state index contributed by atoms with van der Waals surface area (Å²) in [5.41, 5.74) is 0.785. The largest absolute Gasteiger partial charge is 0.353 e. The van der Waals surface area contributed by atoms with Gasteiger partial charge in [0.05, 0.1) is 22.9 Å². The average Bonchev–Trinajstić information content (AvgIpc) is 3.45. The number of nitro groups is 1. The van der Waals surface area contributed by atoms with Gasteiger partial charge in [0.1, 0.15) is 0 Å². The van der Waals surface area contributed by atoms with E-state index in [-0.39, 0.29) is 29.1 Å². The number of rotatable bonds is 9. The van der Waals surface area contributed by atoms with E-state index in [0.29, 0.717) is 6.54 Å². The molecule has 0 unspecified atom stereocenters. The minimum absolute atomic E-state index is 0.0741. The van der Waals surface area contributed by atoms with Crippen LogP contribution in [-0.4, -0.2) is 51.6 Å². The summed E-state index contributed by atoms with van der Waals surface area (Å²) in [6.45, 7) is 3.55. The van der Waals surface area contributed by atoms with Crippen molar-refractivity contribution in [2.75, 3.05) is 6.54 Å². The van der Waals surface area contributed by atoms with E-state index in [2.05, 4.69) is 0 Å². The van der Waals surface area contributed by atoms with Gasteiger partial charge in [-0.3, -0.25) is 14.9 Å². The molecule has 1 aromatic heterocycles. The summed E-state index contributed by atoms with van der Waals surface area (Å²) in [6.07, 6.45) is 3.73. The van der Waals surface area contributed by atoms with Gasteiger partial charge in [0.2, 0.25) is 15.9 Å². The van der Waals surface area contributed by atoms with Crippen LogP contribution in [0.4, 0.5) is 5.69 Å². The van der Waals surface area contributed by atoms with Gasteiger partial charge in [-0.15, -0.1) is 0 Å². The molecule has 30 heavy (non-hydrogen) atoms. The predicted molar refractivity (Wildman–Crippen MR) is 111 cm³/mol. The number of carbonyl (C=O) groups is 1. The van der Waals surface area contributed by atoms with Crippen LogP contribution in [0.25, 0.3) is 0 Å². The van der Waals surface area contributed by atoms with Gasteiger partial charge in [0.15, 0.2) is 0 Å². The monoisotopic (exact) mass is 434 g/mol. The van der Waals surface area contributed by atoms with E-state index >= 15 is 0 Å². The Bertz CT molecular complexity index is 1030. The number of amides is 1. The first-order valence-electron chi connectivity index (χ1n) is 9.77. The van der Waals surface area contributed by atoms with Gasteiger partial charge >= 0.3 is 0 Å². The number of hydrogen-bond donors (Lipinski definition) is 0. The maximum absolute atomic E-state index is 13.2. The molecule has 0 bridgehead atoms. The lowest BCUT2D eigenvalue weighted by molar-refractivity contribution is -0.384. The number of aryl methyl sites for hydroxylation is 1. The molecule has 1 aromatic carbocycles. The smallest absolute Gasteiger partial charge is 0.269 e. The summed E-state index contributed by atoms with van der Waals surface area (Å²) in [4.78, 5) is 25.0. The lowest BCUT2D eigenvalue weighted by Crippen LogP contribution is -2.46. The highest BCUT2D eigenvalue weighted by atomic mass is 32.2. The Kier molecular flexibility index (Phi) is 6.27. The molecule has 162 valence electrons. The van der Waals surface area contributed by atoms with Crippen LogP contribution in [0.3, 0.4) is 0 Å². The molecule has 0 atom stereocenters. The van der Waals surface area contributed by atoms with Gasteiger partial charge in [-0.25, -0.2) is 8.42 Å². The third kappa shape index (κ3) is 4.71. The number of nitrogens with zero attached hydrogens (tertiary/aromatic N) is 4. The van der Waals surface area contributed by atoms with Crippen molar-refractivity contribution in [3.63, 3.8) is 0 Å². The van der Waals surface area contributed by atoms with Crippen molar-refractivity contribution < 1.29 is 18.1 Å². The second-order valence-electron chi connectivity index (χ2n) is 7.76. The van der Waals surface area contributed by atoms with Gasteiger partial charge in [-0.05, 0) is 51.0 Å². The molecule has 1 aliphatic rings. The summed E-state index contributed by atoms with van der Waals surface area (Å²) in [7, 11) is -2.08. The minimum atomic E-state index is -3.99. The van der Waals surface area contributed by atoms with Crippen LogP contribution < -0.4 is 0 Å². The van der Waals surface area contributed by atoms with Crippen molar-refractivity contribution in [2.45, 2.75) is 50.2 Å². The van der Waals surface area contributed by atoms with Crippen LogP contribution in [0.1, 0.15) is 32.4 Å². The van der Waals surface area contributed by atoms with Crippen LogP contribution in [0.15, 0.2) is 47.5 Å². The lowest BCUT2D eigenvalue weighted by Gasteiger charge is -2.29. The molecule has 1 aliphatic carbocycles. The van der Waals surface area contributed by atoms with Gasteiger partial charge < -0.3 is 9.47 Å². The molecule has 3 rings (SSSR count). The Hall–Kier alpha value is -2.72. The zero-order chi connectivity index (χ0) is 22.1. The maximum Gasteiger partial charge on any atom is 0.269 e. The maximum atomic E-state index is 13.2. The number of sulfonamides is 1. The molecule has 1 fully saturated rings. The second kappa shape index (κ2) is 8.57. The van der Waals surface area contributed by atoms with Crippen molar-refractivity contribution in [2.24, 2.45) is 7.05 Å². The van der Waals surface area contributed by atoms with Gasteiger partial charge in [0.25, 0.3) is 5.69 Å². The fraction of sp³-hybridized carbons (Fsp3) is 0.450. The van der Waals surface area contributed by atoms with Crippen LogP contribution in [0.2, 0.25) is 0 Å². The lowest BCUT2D eigenvalue weighted by atomic mass is 10.3. The van der Waals surface area contributed by atoms with Crippen molar-refractivity contribution in [3.8, 4) is 0 Å². The quantitative estimate of drug-likeness (QED) is 0.445. The van der Waals surface area contributed by atoms with E-state index in [1.54, 1.807) is 18.7 Å². The standard InChI is InChI=1S/C20H26N4O5S/c1-15(2)23(30(28,29)19-10-8-17(9-11-19)24(26)27)14-20(25)22(16-6-7-16)13-18-5-4-12-21(18)3/h4-5,8-12,15-16H,6-7,13-14H2,1-3H3. The highest BCUT2D eigenvalue weighted by Gasteiger charge is 2.36. The van der Waals surface area contributed by atoms with Crippen molar-refractivity contribution in [1.29, 1.82) is 0 Å². The Balaban J connectivity index is 1.82. The van der Waals surface area contributed by atoms with Gasteiger partial charge in [-0.1, -0.05) is 0 Å². The Morgan fingerprint density at radius 3 is 2.33 bits per heavy atom. The van der Waals surface area contributed by atoms with Crippen molar-refractivity contribution in [3.05, 3.63) is 58.4 Å². The molecule has 0 radical (unpaired) electrons. The predicted octanol–water partition coefficient (Wildman–Crippen LogP) is 2.52. The number of carbonyl (C=O) groups excluding carboxylic acids is 1. The molecular weight excluding hydrogens is 408 g/mol. The molecule has 0 saturated heterocycles. The summed E-state index contributed by atoms with van der Waals surface area (Å²) in [6, 6.07) is 8.24. The fourth-order valence-corrected chi connectivity index (χ4v) is 4.87. The Morgan fingerprint density at radius 1 is 1.23 bits per heavy atom. The average molecular weight is 435 g/mol. The first kappa shape index (κ1) is 22.0. The van der Waals surface area contributed by atoms with Crippen LogP contribution in [-0.2, 0) is 28.4 Å². The molecule has 1 saturated carbocycles. The van der Waals surface area contributed by atoms with Gasteiger partial charge in [-0.2, -0.15) is 4.31 Å². The zero-order valence-electron chi connectivity index (χ0n) is 17.3. The van der Waals surface area contributed by atoms with E-state index in [9.17, 15) is 23.3 Å². The summed E-state index contributed by atoms with van der Waals surface area (Å²) >= 11 is 0. The number of non-ortho nitro benzene ring substituents is 1. The Morgan fingerprint density at radius 2 is 1.87 bits per heavy atom. The number of aromatic nitrogens is 1. The third-order valence-corrected chi connectivity index (χ3v) is 7.25. The summed E-state index contributed by atoms with van der Waals surface area (Å²) in [5.74, 6) is -0.252. The molecule has 1 amide bonds. The number of hydrogen-bond acceptors (Lipinski definition) is 5. The molecule has 1 heterocycles. The SMILES string of the molecule is CC(C)N(CC(=O)N(Cc1cccn1C)C1CC1)S(=O)(=O)c1ccc([N+](=O)[O-])cc1. The van der Waals surface area contributed by atoms with Crippen LogP contribution in [0.5, 0.6) is 0 Å². The molecule has 0 spiro atoms. The van der Waals surface area contributed by atoms with Gasteiger partial charge in [0, 0.05) is 43.2 Å². The minimum Gasteiger partial charge on any atom is -0.353 e. The van der Waals surface area contributed by atoms with Crippen LogP contribution in [0, 0.1) is 10.1 Å². The first-order valence-corrected chi connectivity index (χ1v) is 11.2. The van der Waals surface area contributed by atoms with E-state index in [1.807, 2.05) is 29.9 Å². The fourth-order valence-electron chi connectivity index (χ4n) is 3.29. The second-order valence-corrected chi connectivity index (χ2v) is 9.65. The van der Waals surface area contributed by atoms with Crippen molar-refractivity contribution in [1.82, 2.24) is 13.8 Å². The van der Waals surface area contributed by atoms with E-state index in [0.717, 1.165) is 35.0 Å². The zero-order valence-corrected chi connectivity index (χ0v) is 18.1. The first-order chi connectivity index (χ1) is 14.1. The topological polar surface area (TPSA) is 106 Å². The van der Waals surface area contributed by atoms with E-state index < -0.39 is 21.0 Å². The van der Waals surface area contributed by atoms with Crippen molar-refractivity contribution >= 4 is 21.6 Å².